The van der Waals surface area contributed by atoms with Crippen LogP contribution in [-0.2, 0) is 13.1 Å². The lowest BCUT2D eigenvalue weighted by molar-refractivity contribution is 0.0827. The summed E-state index contributed by atoms with van der Waals surface area (Å²) >= 11 is 0. The Bertz CT molecular complexity index is 791. The number of guanidine groups is 1. The zero-order valence-electron chi connectivity index (χ0n) is 16.0. The minimum Gasteiger partial charge on any atom is -0.352 e. The van der Waals surface area contributed by atoms with Gasteiger partial charge in [0.2, 0.25) is 0 Å². The predicted molar refractivity (Wildman–Crippen MR) is 118 cm³/mol. The number of nitrogens with one attached hydrogen (secondary N) is 2. The number of amides is 1. The van der Waals surface area contributed by atoms with Gasteiger partial charge < -0.3 is 15.5 Å². The molecule has 2 aromatic carbocycles. The molecule has 2 aromatic rings. The Morgan fingerprint density at radius 3 is 2.11 bits per heavy atom. The zero-order chi connectivity index (χ0) is 19.1. The molecule has 0 radical (unpaired) electrons. The molecule has 5 nitrogen and oxygen atoms in total. The van der Waals surface area contributed by atoms with E-state index in [1.165, 1.54) is 6.07 Å². The number of aliphatic imine (C=N–C) groups is 1. The molecular weight excluding hydrogens is 458 g/mol. The van der Waals surface area contributed by atoms with Crippen LogP contribution in [0.3, 0.4) is 0 Å². The van der Waals surface area contributed by atoms with E-state index in [4.69, 9.17) is 0 Å². The largest absolute Gasteiger partial charge is 0.352 e. The van der Waals surface area contributed by atoms with Crippen molar-refractivity contribution < 1.29 is 9.18 Å². The van der Waals surface area contributed by atoms with Crippen molar-refractivity contribution in [2.75, 3.05) is 21.1 Å². The van der Waals surface area contributed by atoms with Gasteiger partial charge >= 0.3 is 0 Å². The number of benzene rings is 2. The summed E-state index contributed by atoms with van der Waals surface area (Å²) in [6, 6.07) is 12.5. The minimum absolute atomic E-state index is 0. The molecule has 0 fully saturated rings. The molecule has 0 aliphatic carbocycles. The van der Waals surface area contributed by atoms with Gasteiger partial charge in [-0.05, 0) is 41.8 Å². The number of nitrogens with zero attached hydrogens (tertiary/aromatic N) is 2. The van der Waals surface area contributed by atoms with Crippen molar-refractivity contribution in [2.45, 2.75) is 20.0 Å². The van der Waals surface area contributed by atoms with Gasteiger partial charge in [-0.1, -0.05) is 24.3 Å². The van der Waals surface area contributed by atoms with Crippen molar-refractivity contribution in [1.29, 1.82) is 0 Å². The summed E-state index contributed by atoms with van der Waals surface area (Å²) in [6.45, 7) is 2.88. The molecule has 0 aliphatic rings. The van der Waals surface area contributed by atoms with Gasteiger partial charge in [0.05, 0.1) is 0 Å². The lowest BCUT2D eigenvalue weighted by Gasteiger charge is -2.13. The van der Waals surface area contributed by atoms with Crippen molar-refractivity contribution in [3.8, 4) is 0 Å². The first-order valence-electron chi connectivity index (χ1n) is 8.41. The number of hydrogen-bond acceptors (Lipinski definition) is 2. The van der Waals surface area contributed by atoms with Gasteiger partial charge in [0.1, 0.15) is 5.82 Å². The van der Waals surface area contributed by atoms with Crippen LogP contribution in [0, 0.1) is 12.7 Å². The summed E-state index contributed by atoms with van der Waals surface area (Å²) in [5, 5.41) is 6.43. The molecule has 0 spiro atoms. The Labute approximate surface area is 177 Å². The number of carbonyl (C=O) groups is 1. The van der Waals surface area contributed by atoms with Gasteiger partial charge in [-0.15, -0.1) is 24.0 Å². The first-order valence-corrected chi connectivity index (χ1v) is 8.41. The normalized spacial score (nSPS) is 10.8. The van der Waals surface area contributed by atoms with Crippen molar-refractivity contribution in [3.05, 3.63) is 70.5 Å². The molecule has 27 heavy (non-hydrogen) atoms. The highest BCUT2D eigenvalue weighted by Crippen LogP contribution is 2.09. The fraction of sp³-hybridized carbons (Fsp3) is 0.300. The number of aryl methyl sites for hydroxylation is 1. The van der Waals surface area contributed by atoms with Crippen LogP contribution in [0.15, 0.2) is 47.5 Å². The highest BCUT2D eigenvalue weighted by atomic mass is 127. The van der Waals surface area contributed by atoms with Crippen LogP contribution in [0.1, 0.15) is 27.0 Å². The number of rotatable bonds is 5. The van der Waals surface area contributed by atoms with Crippen LogP contribution in [0.25, 0.3) is 0 Å². The monoisotopic (exact) mass is 484 g/mol. The maximum atomic E-state index is 13.3. The quantitative estimate of drug-likeness (QED) is 0.389. The van der Waals surface area contributed by atoms with E-state index in [9.17, 15) is 9.18 Å². The van der Waals surface area contributed by atoms with E-state index in [0.717, 1.165) is 11.1 Å². The third kappa shape index (κ3) is 6.82. The summed E-state index contributed by atoms with van der Waals surface area (Å²) in [5.41, 5.74) is 3.31. The van der Waals surface area contributed by atoms with Gasteiger partial charge in [0, 0.05) is 39.8 Å². The van der Waals surface area contributed by atoms with Crippen molar-refractivity contribution in [2.24, 2.45) is 4.99 Å². The predicted octanol–water partition coefficient (Wildman–Crippen LogP) is 3.32. The van der Waals surface area contributed by atoms with Gasteiger partial charge in [0.15, 0.2) is 5.96 Å². The molecule has 0 aliphatic heterocycles. The van der Waals surface area contributed by atoms with E-state index in [1.54, 1.807) is 39.0 Å². The van der Waals surface area contributed by atoms with Crippen molar-refractivity contribution in [3.63, 3.8) is 0 Å². The smallest absolute Gasteiger partial charge is 0.253 e. The lowest BCUT2D eigenvalue weighted by atomic mass is 10.1. The zero-order valence-corrected chi connectivity index (χ0v) is 18.4. The number of hydrogen-bond donors (Lipinski definition) is 2. The first kappa shape index (κ1) is 22.9. The molecule has 2 rings (SSSR count). The van der Waals surface area contributed by atoms with Gasteiger partial charge in [-0.25, -0.2) is 4.39 Å². The maximum absolute atomic E-state index is 13.3. The Morgan fingerprint density at radius 1 is 1.04 bits per heavy atom. The number of carbonyl (C=O) groups excluding carboxylic acids is 1. The first-order chi connectivity index (χ1) is 12.4. The fourth-order valence-corrected chi connectivity index (χ4v) is 2.43. The Morgan fingerprint density at radius 2 is 1.59 bits per heavy atom. The average Bonchev–Trinajstić information content (AvgIpc) is 2.64. The topological polar surface area (TPSA) is 56.7 Å². The van der Waals surface area contributed by atoms with E-state index in [2.05, 4.69) is 15.6 Å². The number of halogens is 2. The molecule has 0 unspecified atom stereocenters. The Kier molecular flexibility index (Phi) is 9.20. The van der Waals surface area contributed by atoms with Crippen LogP contribution in [0.2, 0.25) is 0 Å². The molecular formula is C20H26FIN4O. The molecule has 1 amide bonds. The standard InChI is InChI=1S/C20H25FN4O.HI/c1-14-11-16(7-10-18(14)21)13-24-20(22-2)23-12-15-5-8-17(9-6-15)19(26)25(3)4;/h5-11H,12-13H2,1-4H3,(H2,22,23,24);1H. The second-order valence-electron chi connectivity index (χ2n) is 6.26. The van der Waals surface area contributed by atoms with E-state index < -0.39 is 0 Å². The lowest BCUT2D eigenvalue weighted by Crippen LogP contribution is -2.36. The minimum atomic E-state index is -0.201. The van der Waals surface area contributed by atoms with E-state index >= 15 is 0 Å². The van der Waals surface area contributed by atoms with Crippen LogP contribution in [-0.4, -0.2) is 37.9 Å². The molecule has 0 saturated heterocycles. The Hall–Kier alpha value is -2.16. The van der Waals surface area contributed by atoms with Gasteiger partial charge in [-0.3, -0.25) is 9.79 Å². The summed E-state index contributed by atoms with van der Waals surface area (Å²) in [6.07, 6.45) is 0. The van der Waals surface area contributed by atoms with Crippen LogP contribution >= 0.6 is 24.0 Å². The molecule has 7 heteroatoms. The fourth-order valence-electron chi connectivity index (χ4n) is 2.43. The SMILES string of the molecule is CN=C(NCc1ccc(C(=O)N(C)C)cc1)NCc1ccc(F)c(C)c1.I. The van der Waals surface area contributed by atoms with Crippen molar-refractivity contribution >= 4 is 35.8 Å². The highest BCUT2D eigenvalue weighted by molar-refractivity contribution is 14.0. The molecule has 2 N–H and O–H groups in total. The molecule has 0 heterocycles. The van der Waals surface area contributed by atoms with Gasteiger partial charge in [-0.2, -0.15) is 0 Å². The van der Waals surface area contributed by atoms with E-state index in [-0.39, 0.29) is 35.7 Å². The van der Waals surface area contributed by atoms with Crippen LogP contribution in [0.4, 0.5) is 4.39 Å². The van der Waals surface area contributed by atoms with Crippen molar-refractivity contribution in [1.82, 2.24) is 15.5 Å². The summed E-state index contributed by atoms with van der Waals surface area (Å²) in [7, 11) is 5.16. The highest BCUT2D eigenvalue weighted by Gasteiger charge is 2.07. The van der Waals surface area contributed by atoms with Gasteiger partial charge in [0.25, 0.3) is 5.91 Å². The summed E-state index contributed by atoms with van der Waals surface area (Å²) in [4.78, 5) is 17.6. The van der Waals surface area contributed by atoms with Crippen LogP contribution in [0.5, 0.6) is 0 Å². The maximum Gasteiger partial charge on any atom is 0.253 e. The second-order valence-corrected chi connectivity index (χ2v) is 6.26. The third-order valence-electron chi connectivity index (χ3n) is 3.97. The average molecular weight is 484 g/mol. The van der Waals surface area contributed by atoms with E-state index in [0.29, 0.717) is 30.2 Å². The molecule has 0 aromatic heterocycles. The third-order valence-corrected chi connectivity index (χ3v) is 3.97. The van der Waals surface area contributed by atoms with E-state index in [1.807, 2.05) is 30.3 Å². The summed E-state index contributed by atoms with van der Waals surface area (Å²) in [5.74, 6) is 0.435. The molecule has 0 atom stereocenters. The Balaban J connectivity index is 0.00000364. The summed E-state index contributed by atoms with van der Waals surface area (Å²) < 4.78 is 13.3. The second kappa shape index (κ2) is 10.9. The molecule has 0 bridgehead atoms. The molecule has 146 valence electrons. The molecule has 0 saturated carbocycles. The van der Waals surface area contributed by atoms with Crippen LogP contribution < -0.4 is 10.6 Å².